The Hall–Kier alpha value is -2.82. The number of aliphatic imine (C=N–C) groups is 1. The average Bonchev–Trinajstić information content (AvgIpc) is 3.27. The van der Waals surface area contributed by atoms with E-state index in [4.69, 9.17) is 29.8 Å². The Bertz CT molecular complexity index is 1130. The van der Waals surface area contributed by atoms with Crippen LogP contribution in [0.1, 0.15) is 38.5 Å². The van der Waals surface area contributed by atoms with Gasteiger partial charge in [-0.1, -0.05) is 13.5 Å². The summed E-state index contributed by atoms with van der Waals surface area (Å²) in [5, 5.41) is 35.8. The second-order valence-electron chi connectivity index (χ2n) is 8.49. The number of rotatable bonds is 11. The van der Waals surface area contributed by atoms with Crippen LogP contribution in [0, 0.1) is 12.3 Å². The molecule has 17 nitrogen and oxygen atoms in total. The number of ether oxygens (including phenoxy) is 2. The molecule has 4 atom stereocenters. The number of aromatic nitrogens is 2. The number of aliphatic hydroxyl groups excluding tert-OH is 4. The third kappa shape index (κ3) is 13.0. The predicted octanol–water partition coefficient (Wildman–Crippen LogP) is -1.64. The monoisotopic (exact) mass is 597 g/mol. The number of phosphoric acid groups is 1. The highest BCUT2D eigenvalue weighted by Crippen LogP contribution is 2.38. The number of carbonyl (C=O) groups is 1. The van der Waals surface area contributed by atoms with E-state index < -0.39 is 61.7 Å². The van der Waals surface area contributed by atoms with Crippen LogP contribution in [0.5, 0.6) is 0 Å². The minimum Gasteiger partial charge on any atom is -0.436 e. The van der Waals surface area contributed by atoms with Crippen LogP contribution in [-0.4, -0.2) is 96.7 Å². The van der Waals surface area contributed by atoms with E-state index in [1.165, 1.54) is 26.1 Å². The molecule has 1 aliphatic heterocycles. The second-order valence-corrected chi connectivity index (χ2v) is 9.73. The number of hydrogen-bond acceptors (Lipinski definition) is 13. The molecule has 0 saturated carbocycles. The van der Waals surface area contributed by atoms with Crippen molar-refractivity contribution in [2.24, 2.45) is 10.4 Å². The summed E-state index contributed by atoms with van der Waals surface area (Å²) in [6.45, 7) is 6.96. The molecule has 1 saturated heterocycles. The van der Waals surface area contributed by atoms with Gasteiger partial charge < -0.3 is 39.7 Å². The fourth-order valence-corrected chi connectivity index (χ4v) is 3.15. The number of aromatic amines is 1. The first-order valence-electron chi connectivity index (χ1n) is 11.7. The van der Waals surface area contributed by atoms with Crippen LogP contribution in [0.3, 0.4) is 0 Å². The molecular weight excluding hydrogens is 561 g/mol. The van der Waals surface area contributed by atoms with E-state index in [1.807, 2.05) is 6.92 Å². The molecule has 1 aliphatic rings. The summed E-state index contributed by atoms with van der Waals surface area (Å²) in [6.07, 6.45) is 0.508. The lowest BCUT2D eigenvalue weighted by Crippen LogP contribution is -2.33. The van der Waals surface area contributed by atoms with Crippen molar-refractivity contribution >= 4 is 19.9 Å². The number of nitrogens with one attached hydrogen (secondary N) is 1. The van der Waals surface area contributed by atoms with Crippen molar-refractivity contribution in [2.75, 3.05) is 26.4 Å². The van der Waals surface area contributed by atoms with Crippen LogP contribution in [0.2, 0.25) is 0 Å². The molecule has 7 N–H and O–H groups in total. The normalized spacial score (nSPS) is 19.2. The van der Waals surface area contributed by atoms with E-state index in [9.17, 15) is 28.8 Å². The molecule has 0 spiro atoms. The van der Waals surface area contributed by atoms with Gasteiger partial charge in [0.1, 0.15) is 12.3 Å². The Morgan fingerprint density at radius 2 is 1.93 bits per heavy atom. The number of esters is 1. The number of isocyanates is 1. The maximum Gasteiger partial charge on any atom is 0.469 e. The van der Waals surface area contributed by atoms with Gasteiger partial charge in [-0.3, -0.25) is 18.9 Å². The molecule has 2 rings (SSSR count). The van der Waals surface area contributed by atoms with Gasteiger partial charge in [0.25, 0.3) is 5.56 Å². The number of nitrogens with zero attached hydrogens (tertiary/aromatic N) is 2. The van der Waals surface area contributed by atoms with Gasteiger partial charge in [0.15, 0.2) is 0 Å². The third-order valence-electron chi connectivity index (χ3n) is 5.51. The SMILES string of the molecule is C=CC(=O)OC(C)N=C=O.CCC(CO)(CO)CO.Cc1cn([C@H]2C[C@H](O)[C@@H](COP(=O)(O)O)O2)c(=O)[nH]c1=O. The molecule has 0 radical (unpaired) electrons. The highest BCUT2D eigenvalue weighted by Gasteiger charge is 2.37. The number of carbonyl (C=O) groups excluding carboxylic acids is 2. The Morgan fingerprint density at radius 1 is 1.35 bits per heavy atom. The summed E-state index contributed by atoms with van der Waals surface area (Å²) in [7, 11) is -4.67. The zero-order valence-electron chi connectivity index (χ0n) is 22.2. The van der Waals surface area contributed by atoms with Gasteiger partial charge in [-0.2, -0.15) is 4.99 Å². The zero-order valence-corrected chi connectivity index (χ0v) is 23.1. The second kappa shape index (κ2) is 17.8. The Labute approximate surface area is 228 Å². The van der Waals surface area contributed by atoms with Gasteiger partial charge in [0.2, 0.25) is 12.3 Å². The van der Waals surface area contributed by atoms with Gasteiger partial charge in [-0.05, 0) is 20.3 Å². The number of H-pyrrole nitrogens is 1. The zero-order chi connectivity index (χ0) is 31.1. The molecule has 0 bridgehead atoms. The topological polar surface area (TPSA) is 267 Å². The van der Waals surface area contributed by atoms with Crippen molar-refractivity contribution in [1.82, 2.24) is 9.55 Å². The lowest BCUT2D eigenvalue weighted by atomic mass is 9.88. The molecule has 1 unspecified atom stereocenters. The maximum absolute atomic E-state index is 11.7. The van der Waals surface area contributed by atoms with Crippen molar-refractivity contribution in [3.63, 3.8) is 0 Å². The molecule has 0 aromatic carbocycles. The van der Waals surface area contributed by atoms with E-state index in [1.54, 1.807) is 0 Å². The van der Waals surface area contributed by atoms with E-state index in [0.717, 1.165) is 10.6 Å². The molecule has 2 heterocycles. The molecule has 0 aliphatic carbocycles. The van der Waals surface area contributed by atoms with Crippen molar-refractivity contribution in [3.05, 3.63) is 45.3 Å². The lowest BCUT2D eigenvalue weighted by Gasteiger charge is -2.24. The molecule has 228 valence electrons. The average molecular weight is 598 g/mol. The summed E-state index contributed by atoms with van der Waals surface area (Å²) in [5.74, 6) is -0.605. The first-order chi connectivity index (χ1) is 18.6. The number of hydrogen-bond donors (Lipinski definition) is 7. The molecule has 1 aromatic rings. The number of aryl methyl sites for hydroxylation is 1. The van der Waals surface area contributed by atoms with Gasteiger partial charge in [0, 0.05) is 29.7 Å². The van der Waals surface area contributed by atoms with Crippen molar-refractivity contribution in [1.29, 1.82) is 0 Å². The van der Waals surface area contributed by atoms with E-state index >= 15 is 0 Å². The largest absolute Gasteiger partial charge is 0.469 e. The highest BCUT2D eigenvalue weighted by molar-refractivity contribution is 7.46. The maximum atomic E-state index is 11.7. The molecular formula is C22H36N3O14P. The first-order valence-corrected chi connectivity index (χ1v) is 13.2. The van der Waals surface area contributed by atoms with E-state index in [0.29, 0.717) is 12.0 Å². The van der Waals surface area contributed by atoms with Gasteiger partial charge >= 0.3 is 19.5 Å². The summed E-state index contributed by atoms with van der Waals surface area (Å²) in [5.41, 5.74) is -1.59. The Morgan fingerprint density at radius 3 is 2.35 bits per heavy atom. The fourth-order valence-electron chi connectivity index (χ4n) is 2.81. The highest BCUT2D eigenvalue weighted by atomic mass is 31.2. The van der Waals surface area contributed by atoms with Crippen LogP contribution >= 0.6 is 7.82 Å². The first kappa shape index (κ1) is 37.2. The minimum atomic E-state index is -4.67. The molecule has 1 fully saturated rings. The van der Waals surface area contributed by atoms with E-state index in [2.05, 4.69) is 25.8 Å². The molecule has 1 aromatic heterocycles. The van der Waals surface area contributed by atoms with Crippen molar-refractivity contribution < 1.29 is 58.4 Å². The van der Waals surface area contributed by atoms with Crippen LogP contribution in [0.25, 0.3) is 0 Å². The smallest absolute Gasteiger partial charge is 0.436 e. The van der Waals surface area contributed by atoms with Crippen molar-refractivity contribution in [2.45, 2.75) is 58.3 Å². The standard InChI is InChI=1S/C10H15N2O8P.C6H7NO3.C6H14O3/c1-5-3-12(10(15)11-9(5)14)8-2-6(13)7(20-8)4-19-21(16,17)18;1-3-6(9)10-5(2)7-4-8;1-2-6(3-7,4-8)5-9/h3,6-8,13H,2,4H2,1H3,(H,11,14,15)(H2,16,17,18);3,5H,1H2,2H3;7-9H,2-5H2,1H3/t6-,7+,8+;;/m0../s1. The molecule has 0 amide bonds. The summed E-state index contributed by atoms with van der Waals surface area (Å²) in [4.78, 5) is 65.4. The quantitative estimate of drug-likeness (QED) is 0.0496. The van der Waals surface area contributed by atoms with Crippen LogP contribution in [0.15, 0.2) is 33.4 Å². The summed E-state index contributed by atoms with van der Waals surface area (Å²) >= 11 is 0. The fraction of sp³-hybridized carbons (Fsp3) is 0.636. The minimum absolute atomic E-state index is 0.0283. The van der Waals surface area contributed by atoms with Gasteiger partial charge in [-0.25, -0.2) is 18.9 Å². The predicted molar refractivity (Wildman–Crippen MR) is 136 cm³/mol. The third-order valence-corrected chi connectivity index (χ3v) is 6.00. The van der Waals surface area contributed by atoms with Gasteiger partial charge in [0.05, 0.1) is 32.5 Å². The van der Waals surface area contributed by atoms with Crippen LogP contribution in [0.4, 0.5) is 0 Å². The Kier molecular flexibility index (Phi) is 16.5. The summed E-state index contributed by atoms with van der Waals surface area (Å²) in [6, 6.07) is 0. The number of phosphoric ester groups is 1. The van der Waals surface area contributed by atoms with Crippen LogP contribution in [-0.2, 0) is 28.2 Å². The molecule has 40 heavy (non-hydrogen) atoms. The summed E-state index contributed by atoms with van der Waals surface area (Å²) < 4.78 is 25.8. The Balaban J connectivity index is 0.000000669. The van der Waals surface area contributed by atoms with Gasteiger partial charge in [-0.15, -0.1) is 0 Å². The van der Waals surface area contributed by atoms with Crippen molar-refractivity contribution in [3.8, 4) is 0 Å². The lowest BCUT2D eigenvalue weighted by molar-refractivity contribution is -0.141. The van der Waals surface area contributed by atoms with Crippen LogP contribution < -0.4 is 11.2 Å². The molecule has 18 heteroatoms. The van der Waals surface area contributed by atoms with E-state index in [-0.39, 0.29) is 26.2 Å². The number of aliphatic hydroxyl groups is 4.